The highest BCUT2D eigenvalue weighted by Gasteiger charge is 2.17. The summed E-state index contributed by atoms with van der Waals surface area (Å²) in [7, 11) is 1.20. The molecule has 0 aliphatic carbocycles. The van der Waals surface area contributed by atoms with Crippen LogP contribution in [0.15, 0.2) is 15.4 Å². The van der Waals surface area contributed by atoms with E-state index in [1.54, 1.807) is 20.8 Å². The minimum Gasteiger partial charge on any atom is -0.469 e. The Kier molecular flexibility index (Phi) is 6.69. The molecule has 0 aromatic heterocycles. The predicted molar refractivity (Wildman–Crippen MR) is 62.2 cm³/mol. The van der Waals surface area contributed by atoms with Crippen molar-refractivity contribution in [2.24, 2.45) is 15.4 Å². The Morgan fingerprint density at radius 1 is 1.28 bits per heavy atom. The van der Waals surface area contributed by atoms with Crippen molar-refractivity contribution < 1.29 is 19.1 Å². The Bertz CT molecular complexity index is 335. The number of esters is 1. The fourth-order valence-corrected chi connectivity index (χ4v) is 0.886. The molecule has 0 spiro atoms. The van der Waals surface area contributed by atoms with Crippen LogP contribution in [0.4, 0.5) is 4.79 Å². The van der Waals surface area contributed by atoms with Crippen molar-refractivity contribution in [3.63, 3.8) is 0 Å². The number of nitrogens with zero attached hydrogens (tertiary/aromatic N) is 3. The number of nitroso groups, excluding NO2 is 1. The minimum absolute atomic E-state index is 0.169. The van der Waals surface area contributed by atoms with E-state index in [4.69, 9.17) is 4.74 Å². The summed E-state index contributed by atoms with van der Waals surface area (Å²) < 4.78 is 9.23. The first-order valence-electron chi connectivity index (χ1n) is 5.28. The number of carbonyl (C=O) groups excluding carboxylic acids is 2. The maximum absolute atomic E-state index is 11.1. The number of hydrogen-bond acceptors (Lipinski definition) is 7. The third-order valence-electron chi connectivity index (χ3n) is 1.62. The van der Waals surface area contributed by atoms with E-state index < -0.39 is 23.7 Å². The molecule has 0 saturated carbocycles. The third-order valence-corrected chi connectivity index (χ3v) is 1.62. The molecule has 0 N–H and O–H groups in total. The van der Waals surface area contributed by atoms with Gasteiger partial charge in [-0.15, -0.1) is 0 Å². The van der Waals surface area contributed by atoms with Crippen molar-refractivity contribution in [1.29, 1.82) is 0 Å². The summed E-state index contributed by atoms with van der Waals surface area (Å²) >= 11 is 0. The Labute approximate surface area is 105 Å². The number of amides is 1. The second-order valence-corrected chi connectivity index (χ2v) is 4.44. The van der Waals surface area contributed by atoms with E-state index in [0.717, 1.165) is 0 Å². The molecule has 1 atom stereocenters. The van der Waals surface area contributed by atoms with Gasteiger partial charge >= 0.3 is 12.1 Å². The van der Waals surface area contributed by atoms with Gasteiger partial charge in [-0.1, -0.05) is 10.3 Å². The first-order valence-corrected chi connectivity index (χ1v) is 5.28. The molecule has 0 fully saturated rings. The lowest BCUT2D eigenvalue weighted by Crippen LogP contribution is -2.22. The van der Waals surface area contributed by atoms with Gasteiger partial charge in [-0.3, -0.25) is 4.79 Å². The number of azo groups is 1. The topological polar surface area (TPSA) is 107 Å². The van der Waals surface area contributed by atoms with Crippen LogP contribution in [0.3, 0.4) is 0 Å². The molecule has 8 heteroatoms. The molecule has 1 unspecified atom stereocenters. The lowest BCUT2D eigenvalue weighted by Gasteiger charge is -2.16. The van der Waals surface area contributed by atoms with E-state index in [-0.39, 0.29) is 13.0 Å². The SMILES string of the molecule is COC(=O)CC(CN=NC(=O)OC(C)(C)C)N=O. The van der Waals surface area contributed by atoms with Crippen LogP contribution in [0.5, 0.6) is 0 Å². The van der Waals surface area contributed by atoms with Gasteiger partial charge in [-0.05, 0) is 20.8 Å². The van der Waals surface area contributed by atoms with Crippen LogP contribution >= 0.6 is 0 Å². The molecule has 0 heterocycles. The highest BCUT2D eigenvalue weighted by Crippen LogP contribution is 2.08. The Hall–Kier alpha value is -1.86. The number of methoxy groups -OCH3 is 1. The molecule has 8 nitrogen and oxygen atoms in total. The van der Waals surface area contributed by atoms with Gasteiger partial charge in [0.2, 0.25) is 0 Å². The Balaban J connectivity index is 4.16. The Morgan fingerprint density at radius 3 is 2.33 bits per heavy atom. The van der Waals surface area contributed by atoms with E-state index in [9.17, 15) is 14.5 Å². The summed E-state index contributed by atoms with van der Waals surface area (Å²) in [5, 5.41) is 9.40. The molecule has 0 aromatic rings. The van der Waals surface area contributed by atoms with E-state index in [1.807, 2.05) is 0 Å². The van der Waals surface area contributed by atoms with E-state index in [1.165, 1.54) is 7.11 Å². The molecule has 0 aliphatic rings. The molecule has 0 radical (unpaired) electrons. The fraction of sp³-hybridized carbons (Fsp3) is 0.800. The molecular weight excluding hydrogens is 242 g/mol. The normalized spacial score (nSPS) is 13.1. The smallest absolute Gasteiger partial charge is 0.452 e. The molecule has 102 valence electrons. The third kappa shape index (κ3) is 8.31. The number of ether oxygens (including phenoxy) is 2. The molecule has 0 rings (SSSR count). The Morgan fingerprint density at radius 2 is 1.89 bits per heavy atom. The lowest BCUT2D eigenvalue weighted by atomic mass is 10.2. The summed E-state index contributed by atoms with van der Waals surface area (Å²) in [6.45, 7) is 4.90. The summed E-state index contributed by atoms with van der Waals surface area (Å²) in [6, 6.07) is -0.899. The van der Waals surface area contributed by atoms with Crippen LogP contribution in [0.2, 0.25) is 0 Å². The van der Waals surface area contributed by atoms with Crippen LogP contribution in [-0.4, -0.2) is 37.4 Å². The maximum atomic E-state index is 11.1. The summed E-state index contributed by atoms with van der Waals surface area (Å²) in [6.07, 6.45) is -1.06. The molecule has 0 aromatic carbocycles. The highest BCUT2D eigenvalue weighted by atomic mass is 16.6. The zero-order valence-corrected chi connectivity index (χ0v) is 10.9. The molecule has 0 bridgehead atoms. The molecule has 18 heavy (non-hydrogen) atoms. The number of carbonyl (C=O) groups is 2. The van der Waals surface area contributed by atoms with Crippen LogP contribution < -0.4 is 0 Å². The van der Waals surface area contributed by atoms with Gasteiger partial charge in [0.25, 0.3) is 0 Å². The minimum atomic E-state index is -0.899. The van der Waals surface area contributed by atoms with Crippen molar-refractivity contribution in [3.05, 3.63) is 4.91 Å². The molecule has 0 aliphatic heterocycles. The van der Waals surface area contributed by atoms with Gasteiger partial charge in [0.1, 0.15) is 11.6 Å². The van der Waals surface area contributed by atoms with E-state index in [2.05, 4.69) is 20.1 Å². The van der Waals surface area contributed by atoms with Crippen LogP contribution in [-0.2, 0) is 14.3 Å². The van der Waals surface area contributed by atoms with Crippen LogP contribution in [0, 0.1) is 4.91 Å². The quantitative estimate of drug-likeness (QED) is 0.426. The van der Waals surface area contributed by atoms with Gasteiger partial charge in [0.15, 0.2) is 0 Å². The average molecular weight is 259 g/mol. The largest absolute Gasteiger partial charge is 0.469 e. The molecular formula is C10H17N3O5. The van der Waals surface area contributed by atoms with Gasteiger partial charge < -0.3 is 9.47 Å². The molecule has 1 amide bonds. The van der Waals surface area contributed by atoms with Gasteiger partial charge in [0.05, 0.1) is 20.1 Å². The van der Waals surface area contributed by atoms with Crippen molar-refractivity contribution in [2.45, 2.75) is 38.8 Å². The van der Waals surface area contributed by atoms with Crippen molar-refractivity contribution in [1.82, 2.24) is 0 Å². The zero-order valence-electron chi connectivity index (χ0n) is 10.9. The van der Waals surface area contributed by atoms with E-state index >= 15 is 0 Å². The fourth-order valence-electron chi connectivity index (χ4n) is 0.886. The van der Waals surface area contributed by atoms with Crippen LogP contribution in [0.1, 0.15) is 27.2 Å². The average Bonchev–Trinajstić information content (AvgIpc) is 2.24. The standard InChI is InChI=1S/C10H17N3O5/c1-10(2,3)18-9(15)12-11-6-7(13-16)5-8(14)17-4/h7H,5-6H2,1-4H3. The van der Waals surface area contributed by atoms with Crippen molar-refractivity contribution in [3.8, 4) is 0 Å². The highest BCUT2D eigenvalue weighted by molar-refractivity contribution is 5.70. The van der Waals surface area contributed by atoms with Crippen LogP contribution in [0.25, 0.3) is 0 Å². The summed E-state index contributed by atoms with van der Waals surface area (Å²) in [4.78, 5) is 32.4. The second kappa shape index (κ2) is 7.46. The van der Waals surface area contributed by atoms with Gasteiger partial charge in [0, 0.05) is 0 Å². The van der Waals surface area contributed by atoms with Crippen molar-refractivity contribution in [2.75, 3.05) is 13.7 Å². The summed E-state index contributed by atoms with van der Waals surface area (Å²) in [5.74, 6) is -0.577. The second-order valence-electron chi connectivity index (χ2n) is 4.44. The van der Waals surface area contributed by atoms with Gasteiger partial charge in [-0.2, -0.15) is 10.0 Å². The van der Waals surface area contributed by atoms with E-state index in [0.29, 0.717) is 0 Å². The van der Waals surface area contributed by atoms with Crippen molar-refractivity contribution >= 4 is 12.1 Å². The number of rotatable bonds is 5. The van der Waals surface area contributed by atoms with Gasteiger partial charge in [-0.25, -0.2) is 4.79 Å². The maximum Gasteiger partial charge on any atom is 0.452 e. The monoisotopic (exact) mass is 259 g/mol. The number of hydrogen-bond donors (Lipinski definition) is 0. The first kappa shape index (κ1) is 16.1. The first-order chi connectivity index (χ1) is 8.28. The predicted octanol–water partition coefficient (Wildman–Crippen LogP) is 2.07. The summed E-state index contributed by atoms with van der Waals surface area (Å²) in [5.41, 5.74) is -0.662. The zero-order chi connectivity index (χ0) is 14.2. The molecule has 0 saturated heterocycles. The lowest BCUT2D eigenvalue weighted by molar-refractivity contribution is -0.140.